The summed E-state index contributed by atoms with van der Waals surface area (Å²) in [7, 11) is 0. The molecule has 7 heteroatoms. The predicted octanol–water partition coefficient (Wildman–Crippen LogP) is 4.05. The van der Waals surface area contributed by atoms with Gasteiger partial charge in [-0.25, -0.2) is 4.98 Å². The molecule has 0 unspecified atom stereocenters. The fraction of sp³-hybridized carbons (Fsp3) is 0.188. The number of rotatable bonds is 5. The van der Waals surface area contributed by atoms with Crippen LogP contribution >= 0.6 is 22.9 Å². The van der Waals surface area contributed by atoms with Crippen LogP contribution in [0.25, 0.3) is 10.6 Å². The molecule has 118 valence electrons. The van der Waals surface area contributed by atoms with Gasteiger partial charge in [-0.3, -0.25) is 4.79 Å². The highest BCUT2D eigenvalue weighted by Gasteiger charge is 2.11. The highest BCUT2D eigenvalue weighted by atomic mass is 35.5. The van der Waals surface area contributed by atoms with E-state index in [9.17, 15) is 4.79 Å². The Morgan fingerprint density at radius 2 is 2.09 bits per heavy atom. The first-order valence-corrected chi connectivity index (χ1v) is 8.14. The molecule has 2 heterocycles. The first kappa shape index (κ1) is 15.7. The molecule has 2 aromatic heterocycles. The number of thiazole rings is 1. The van der Waals surface area contributed by atoms with Crippen LogP contribution in [0.1, 0.15) is 17.1 Å². The second-order valence-electron chi connectivity index (χ2n) is 4.92. The molecule has 0 aliphatic rings. The van der Waals surface area contributed by atoms with E-state index in [1.165, 1.54) is 11.3 Å². The Balaban J connectivity index is 1.58. The summed E-state index contributed by atoms with van der Waals surface area (Å²) in [4.78, 5) is 16.3. The molecule has 0 saturated carbocycles. The maximum Gasteiger partial charge on any atom is 0.312 e. The Morgan fingerprint density at radius 1 is 1.30 bits per heavy atom. The SMILES string of the molecule is Cc1cc(COC(=O)Cc2csc(-c3ccc(Cl)cc3)n2)no1. The van der Waals surface area contributed by atoms with Gasteiger partial charge in [0.1, 0.15) is 23.1 Å². The molecule has 0 aliphatic heterocycles. The highest BCUT2D eigenvalue weighted by Crippen LogP contribution is 2.25. The number of nitrogens with zero attached hydrogens (tertiary/aromatic N) is 2. The molecule has 0 radical (unpaired) electrons. The summed E-state index contributed by atoms with van der Waals surface area (Å²) in [6.45, 7) is 1.89. The van der Waals surface area contributed by atoms with E-state index in [0.29, 0.717) is 22.2 Å². The predicted molar refractivity (Wildman–Crippen MR) is 87.3 cm³/mol. The van der Waals surface area contributed by atoms with E-state index in [2.05, 4.69) is 10.1 Å². The van der Waals surface area contributed by atoms with Crippen LogP contribution in [0.4, 0.5) is 0 Å². The molecule has 0 N–H and O–H groups in total. The first-order valence-electron chi connectivity index (χ1n) is 6.88. The zero-order chi connectivity index (χ0) is 16.2. The summed E-state index contributed by atoms with van der Waals surface area (Å²) >= 11 is 7.35. The summed E-state index contributed by atoms with van der Waals surface area (Å²) in [6, 6.07) is 9.15. The minimum Gasteiger partial charge on any atom is -0.459 e. The second-order valence-corrected chi connectivity index (χ2v) is 6.21. The molecule has 23 heavy (non-hydrogen) atoms. The van der Waals surface area contributed by atoms with Crippen molar-refractivity contribution in [2.24, 2.45) is 0 Å². The van der Waals surface area contributed by atoms with Gasteiger partial charge in [0.25, 0.3) is 0 Å². The van der Waals surface area contributed by atoms with Gasteiger partial charge in [0.15, 0.2) is 0 Å². The molecule has 0 aliphatic carbocycles. The van der Waals surface area contributed by atoms with Crippen molar-refractivity contribution in [1.82, 2.24) is 10.1 Å². The topological polar surface area (TPSA) is 65.2 Å². The van der Waals surface area contributed by atoms with Crippen molar-refractivity contribution in [1.29, 1.82) is 0 Å². The lowest BCUT2D eigenvalue weighted by Crippen LogP contribution is -2.08. The van der Waals surface area contributed by atoms with Gasteiger partial charge >= 0.3 is 5.97 Å². The summed E-state index contributed by atoms with van der Waals surface area (Å²) in [5.41, 5.74) is 2.24. The fourth-order valence-electron chi connectivity index (χ4n) is 1.95. The molecule has 0 atom stereocenters. The maximum atomic E-state index is 11.8. The van der Waals surface area contributed by atoms with Crippen LogP contribution in [-0.2, 0) is 22.6 Å². The molecule has 0 spiro atoms. The molecule has 5 nitrogen and oxygen atoms in total. The van der Waals surface area contributed by atoms with Crippen molar-refractivity contribution in [3.63, 3.8) is 0 Å². The third-order valence-electron chi connectivity index (χ3n) is 3.03. The summed E-state index contributed by atoms with van der Waals surface area (Å²) in [6.07, 6.45) is 0.126. The van der Waals surface area contributed by atoms with Crippen LogP contribution in [0.5, 0.6) is 0 Å². The fourth-order valence-corrected chi connectivity index (χ4v) is 2.90. The number of carbonyl (C=O) groups excluding carboxylic acids is 1. The average Bonchev–Trinajstić information content (AvgIpc) is 3.15. The number of halogens is 1. The summed E-state index contributed by atoms with van der Waals surface area (Å²) in [5.74, 6) is 0.335. The van der Waals surface area contributed by atoms with Crippen molar-refractivity contribution in [2.75, 3.05) is 0 Å². The molecular formula is C16H13ClN2O3S. The van der Waals surface area contributed by atoms with Crippen LogP contribution in [-0.4, -0.2) is 16.1 Å². The number of aryl methyl sites for hydroxylation is 1. The Labute approximate surface area is 141 Å². The van der Waals surface area contributed by atoms with Crippen LogP contribution < -0.4 is 0 Å². The molecule has 0 bridgehead atoms. The quantitative estimate of drug-likeness (QED) is 0.651. The van der Waals surface area contributed by atoms with Crippen molar-refractivity contribution in [3.8, 4) is 10.6 Å². The minimum absolute atomic E-state index is 0.102. The van der Waals surface area contributed by atoms with Gasteiger partial charge in [-0.1, -0.05) is 28.9 Å². The third kappa shape index (κ3) is 4.18. The number of aromatic nitrogens is 2. The van der Waals surface area contributed by atoms with E-state index >= 15 is 0 Å². The molecule has 0 fully saturated rings. The summed E-state index contributed by atoms with van der Waals surface area (Å²) < 4.78 is 10.1. The molecule has 0 amide bonds. The molecule has 0 saturated heterocycles. The largest absolute Gasteiger partial charge is 0.459 e. The highest BCUT2D eigenvalue weighted by molar-refractivity contribution is 7.13. The van der Waals surface area contributed by atoms with Crippen LogP contribution in [0.2, 0.25) is 5.02 Å². The number of carbonyl (C=O) groups is 1. The van der Waals surface area contributed by atoms with E-state index in [0.717, 1.165) is 10.6 Å². The number of hydrogen-bond acceptors (Lipinski definition) is 6. The molecule has 3 rings (SSSR count). The third-order valence-corrected chi connectivity index (χ3v) is 4.22. The lowest BCUT2D eigenvalue weighted by Gasteiger charge is -2.00. The monoisotopic (exact) mass is 348 g/mol. The number of benzene rings is 1. The Morgan fingerprint density at radius 3 is 2.78 bits per heavy atom. The van der Waals surface area contributed by atoms with E-state index in [4.69, 9.17) is 20.9 Å². The van der Waals surface area contributed by atoms with Crippen LogP contribution in [0, 0.1) is 6.92 Å². The zero-order valence-corrected chi connectivity index (χ0v) is 13.9. The smallest absolute Gasteiger partial charge is 0.312 e. The minimum atomic E-state index is -0.349. The zero-order valence-electron chi connectivity index (χ0n) is 12.3. The average molecular weight is 349 g/mol. The van der Waals surface area contributed by atoms with Gasteiger partial charge in [0, 0.05) is 22.0 Å². The van der Waals surface area contributed by atoms with E-state index in [-0.39, 0.29) is 19.0 Å². The van der Waals surface area contributed by atoms with E-state index in [1.807, 2.05) is 29.6 Å². The Hall–Kier alpha value is -2.18. The van der Waals surface area contributed by atoms with Gasteiger partial charge in [0.2, 0.25) is 0 Å². The second kappa shape index (κ2) is 6.93. The van der Waals surface area contributed by atoms with E-state index in [1.54, 1.807) is 13.0 Å². The van der Waals surface area contributed by atoms with Gasteiger partial charge in [-0.2, -0.15) is 0 Å². The summed E-state index contributed by atoms with van der Waals surface area (Å²) in [5, 5.41) is 7.14. The van der Waals surface area contributed by atoms with Gasteiger partial charge in [-0.15, -0.1) is 11.3 Å². The molecule has 1 aromatic carbocycles. The number of ether oxygens (including phenoxy) is 1. The maximum absolute atomic E-state index is 11.8. The Bertz CT molecular complexity index is 811. The van der Waals surface area contributed by atoms with Crippen molar-refractivity contribution in [2.45, 2.75) is 20.0 Å². The van der Waals surface area contributed by atoms with Gasteiger partial charge < -0.3 is 9.26 Å². The van der Waals surface area contributed by atoms with Gasteiger partial charge in [0.05, 0.1) is 12.1 Å². The lowest BCUT2D eigenvalue weighted by molar-refractivity contribution is -0.144. The molecule has 3 aromatic rings. The van der Waals surface area contributed by atoms with Gasteiger partial charge in [-0.05, 0) is 19.1 Å². The van der Waals surface area contributed by atoms with Crippen LogP contribution in [0.15, 0.2) is 40.2 Å². The number of hydrogen-bond donors (Lipinski definition) is 0. The Kier molecular flexibility index (Phi) is 4.73. The first-order chi connectivity index (χ1) is 11.1. The standard InChI is InChI=1S/C16H13ClN2O3S/c1-10-6-13(19-22-10)8-21-15(20)7-14-9-23-16(18-14)11-2-4-12(17)5-3-11/h2-6,9H,7-8H2,1H3. The lowest BCUT2D eigenvalue weighted by atomic mass is 10.2. The molecular weight excluding hydrogens is 336 g/mol. The van der Waals surface area contributed by atoms with E-state index < -0.39 is 0 Å². The normalized spacial score (nSPS) is 10.7. The van der Waals surface area contributed by atoms with Crippen LogP contribution in [0.3, 0.4) is 0 Å². The van der Waals surface area contributed by atoms with Crippen molar-refractivity contribution < 1.29 is 14.1 Å². The van der Waals surface area contributed by atoms with Crippen molar-refractivity contribution >= 4 is 28.9 Å². The number of esters is 1. The van der Waals surface area contributed by atoms with Crippen molar-refractivity contribution in [3.05, 3.63) is 57.9 Å².